The molecule has 0 bridgehead atoms. The maximum Gasteiger partial charge on any atom is 0.254 e. The fraction of sp³-hybridized carbons (Fsp3) is 0.447. The second-order valence-corrected chi connectivity index (χ2v) is 16.1. The van der Waals surface area contributed by atoms with Crippen LogP contribution in [0.2, 0.25) is 5.02 Å². The number of benzene rings is 2. The van der Waals surface area contributed by atoms with Gasteiger partial charge >= 0.3 is 0 Å². The second-order valence-electron chi connectivity index (χ2n) is 14.5. The van der Waals surface area contributed by atoms with E-state index in [0.29, 0.717) is 67.0 Å². The van der Waals surface area contributed by atoms with Crippen LogP contribution in [0.3, 0.4) is 0 Å². The lowest BCUT2D eigenvalue weighted by atomic mass is 9.90. The van der Waals surface area contributed by atoms with Crippen molar-refractivity contribution in [3.63, 3.8) is 0 Å². The number of piperidine rings is 2. The smallest absolute Gasteiger partial charge is 0.254 e. The molecule has 1 spiro atoms. The Balaban J connectivity index is 0.930. The molecule has 0 saturated carbocycles. The number of aromatic nitrogens is 3. The molecule has 2 aromatic heterocycles. The predicted octanol–water partition coefficient (Wildman–Crippen LogP) is 5.73. The van der Waals surface area contributed by atoms with Gasteiger partial charge in [-0.1, -0.05) is 23.7 Å². The number of amides is 2. The lowest BCUT2D eigenvalue weighted by Gasteiger charge is -2.44. The maximum absolute atomic E-state index is 14.1. The van der Waals surface area contributed by atoms with Gasteiger partial charge in [0.25, 0.3) is 5.91 Å². The van der Waals surface area contributed by atoms with E-state index >= 15 is 0 Å². The number of carbonyl (C=O) groups excluding carboxylic acids is 2. The van der Waals surface area contributed by atoms with Crippen LogP contribution in [0.25, 0.3) is 5.00 Å². The van der Waals surface area contributed by atoms with Crippen molar-refractivity contribution < 1.29 is 19.1 Å². The van der Waals surface area contributed by atoms with E-state index in [1.54, 1.807) is 11.3 Å². The van der Waals surface area contributed by atoms with Crippen LogP contribution in [0.15, 0.2) is 41.4 Å². The first-order valence-corrected chi connectivity index (χ1v) is 19.0. The summed E-state index contributed by atoms with van der Waals surface area (Å²) in [7, 11) is 0. The van der Waals surface area contributed by atoms with E-state index in [2.05, 4.69) is 33.9 Å². The Labute approximate surface area is 305 Å². The van der Waals surface area contributed by atoms with Crippen LogP contribution in [0.5, 0.6) is 11.5 Å². The van der Waals surface area contributed by atoms with Crippen LogP contribution in [0.1, 0.15) is 87.3 Å². The molecule has 2 atom stereocenters. The second kappa shape index (κ2) is 12.5. The fourth-order valence-corrected chi connectivity index (χ4v) is 9.58. The average Bonchev–Trinajstić information content (AvgIpc) is 3.74. The van der Waals surface area contributed by atoms with Crippen molar-refractivity contribution in [2.24, 2.45) is 4.99 Å². The number of nitrogens with one attached hydrogen (secondary N) is 1. The van der Waals surface area contributed by atoms with E-state index in [1.807, 2.05) is 53.1 Å². The van der Waals surface area contributed by atoms with Gasteiger partial charge in [-0.3, -0.25) is 19.1 Å². The summed E-state index contributed by atoms with van der Waals surface area (Å²) in [4.78, 5) is 37.8. The van der Waals surface area contributed by atoms with Gasteiger partial charge in [-0.25, -0.2) is 0 Å². The zero-order valence-corrected chi connectivity index (χ0v) is 30.6. The lowest BCUT2D eigenvalue weighted by Crippen LogP contribution is -2.54. The minimum absolute atomic E-state index is 0.0187. The number of likely N-dealkylation sites (tertiary alicyclic amines) is 1. The number of aryl methyl sites for hydroxylation is 2. The van der Waals surface area contributed by atoms with Gasteiger partial charge < -0.3 is 24.6 Å². The first-order valence-electron chi connectivity index (χ1n) is 17.8. The largest absolute Gasteiger partial charge is 0.485 e. The quantitative estimate of drug-likeness (QED) is 0.286. The summed E-state index contributed by atoms with van der Waals surface area (Å²) in [5.74, 6) is 2.84. The van der Waals surface area contributed by atoms with Crippen LogP contribution in [-0.4, -0.2) is 86.5 Å². The summed E-state index contributed by atoms with van der Waals surface area (Å²) < 4.78 is 15.1. The van der Waals surface area contributed by atoms with Crippen molar-refractivity contribution in [2.45, 2.75) is 77.1 Å². The van der Waals surface area contributed by atoms with Gasteiger partial charge in [0.15, 0.2) is 17.3 Å². The highest BCUT2D eigenvalue weighted by atomic mass is 35.5. The van der Waals surface area contributed by atoms with Crippen LogP contribution in [-0.2, 0) is 11.3 Å². The molecule has 51 heavy (non-hydrogen) atoms. The number of carbonyl (C=O) groups is 2. The number of hydrogen-bond acceptors (Lipinski definition) is 9. The van der Waals surface area contributed by atoms with E-state index in [1.165, 1.54) is 4.88 Å². The number of aliphatic imine (C=N–C) groups is 1. The van der Waals surface area contributed by atoms with Gasteiger partial charge in [-0.2, -0.15) is 0 Å². The topological polar surface area (TPSA) is 114 Å². The number of hydrogen-bond donors (Lipinski definition) is 1. The number of rotatable bonds is 4. The summed E-state index contributed by atoms with van der Waals surface area (Å²) in [5.41, 5.74) is 5.15. The van der Waals surface area contributed by atoms with E-state index in [0.717, 1.165) is 64.7 Å². The van der Waals surface area contributed by atoms with Gasteiger partial charge in [0.1, 0.15) is 29.1 Å². The Morgan fingerprint density at radius 3 is 2.67 bits per heavy atom. The van der Waals surface area contributed by atoms with Crippen LogP contribution in [0, 0.1) is 20.8 Å². The van der Waals surface area contributed by atoms with Gasteiger partial charge in [-0.15, -0.1) is 21.5 Å². The number of thiophene rings is 1. The molecular weight excluding hydrogens is 686 g/mol. The Bertz CT molecular complexity index is 2090. The Kier molecular flexibility index (Phi) is 7.97. The summed E-state index contributed by atoms with van der Waals surface area (Å²) in [6.45, 7) is 10.1. The Morgan fingerprint density at radius 2 is 1.90 bits per heavy atom. The molecular formula is C38H40ClN7O4S. The van der Waals surface area contributed by atoms with Crippen LogP contribution in [0.4, 0.5) is 0 Å². The highest BCUT2D eigenvalue weighted by Crippen LogP contribution is 2.44. The molecule has 2 fully saturated rings. The van der Waals surface area contributed by atoms with Crippen molar-refractivity contribution in [2.75, 3.05) is 32.8 Å². The molecule has 11 nitrogen and oxygen atoms in total. The molecule has 2 amide bonds. The van der Waals surface area contributed by atoms with Crippen molar-refractivity contribution in [3.05, 3.63) is 85.8 Å². The van der Waals surface area contributed by atoms with Crippen molar-refractivity contribution >= 4 is 40.5 Å². The zero-order valence-electron chi connectivity index (χ0n) is 29.0. The summed E-state index contributed by atoms with van der Waals surface area (Å²) in [6.07, 6.45) is 3.54. The molecule has 1 unspecified atom stereocenters. The molecule has 13 heteroatoms. The molecule has 5 aliphatic heterocycles. The molecule has 5 aliphatic rings. The fourth-order valence-electron chi connectivity index (χ4n) is 8.24. The van der Waals surface area contributed by atoms with Crippen LogP contribution < -0.4 is 14.8 Å². The Hall–Kier alpha value is -4.26. The average molecular weight is 726 g/mol. The zero-order chi connectivity index (χ0) is 35.0. The molecule has 7 heterocycles. The SMILES string of the molecule is Cc1sc2c(c1C)C(c1ccc(Cl)cc1)=N[C@@H](CC(=O)N1CCC3(CC1)COc1cc4c(cc1O3)CN(C1CCCNC1)C4=O)c1nnc(C)n1-2. The molecule has 264 valence electrons. The number of halogens is 1. The first kappa shape index (κ1) is 32.6. The number of nitrogens with zero attached hydrogens (tertiary/aromatic N) is 6. The van der Waals surface area contributed by atoms with Gasteiger partial charge in [0.05, 0.1) is 12.1 Å². The third-order valence-electron chi connectivity index (χ3n) is 11.3. The van der Waals surface area contributed by atoms with Crippen molar-refractivity contribution in [3.8, 4) is 16.5 Å². The van der Waals surface area contributed by atoms with E-state index in [-0.39, 0.29) is 24.3 Å². The maximum atomic E-state index is 14.1. The number of ether oxygens (including phenoxy) is 2. The van der Waals surface area contributed by atoms with Gasteiger partial charge in [0, 0.05) is 71.7 Å². The van der Waals surface area contributed by atoms with Crippen molar-refractivity contribution in [1.82, 2.24) is 29.9 Å². The minimum atomic E-state index is -0.531. The molecule has 2 saturated heterocycles. The van der Waals surface area contributed by atoms with Crippen LogP contribution >= 0.6 is 22.9 Å². The molecule has 9 rings (SSSR count). The number of fused-ring (bicyclic) bond motifs is 5. The van der Waals surface area contributed by atoms with Gasteiger partial charge in [0.2, 0.25) is 5.91 Å². The summed E-state index contributed by atoms with van der Waals surface area (Å²) >= 11 is 7.97. The minimum Gasteiger partial charge on any atom is -0.485 e. The standard InChI is InChI=1S/C38H40ClN7O4S/c1-21-22(2)51-37-33(21)34(24-6-8-26(39)9-7-24)41-29(35-43-42-23(3)46(35)37)17-32(47)44-13-10-38(11-14-44)20-49-30-16-28-25(15-31(30)50-38)19-45(36(28)48)27-5-4-12-40-18-27/h6-9,15-16,27,29,40H,4-5,10-14,17-20H2,1-3H3/t27?,29-/m0/s1. The van der Waals surface area contributed by atoms with E-state index in [9.17, 15) is 9.59 Å². The molecule has 0 radical (unpaired) electrons. The third kappa shape index (κ3) is 5.53. The third-order valence-corrected chi connectivity index (χ3v) is 12.7. The highest BCUT2D eigenvalue weighted by Gasteiger charge is 2.44. The van der Waals surface area contributed by atoms with Crippen molar-refractivity contribution in [1.29, 1.82) is 0 Å². The molecule has 1 N–H and O–H groups in total. The molecule has 4 aromatic rings. The molecule has 0 aliphatic carbocycles. The Morgan fingerprint density at radius 1 is 1.10 bits per heavy atom. The van der Waals surface area contributed by atoms with Gasteiger partial charge in [-0.05, 0) is 75.5 Å². The predicted molar refractivity (Wildman–Crippen MR) is 195 cm³/mol. The summed E-state index contributed by atoms with van der Waals surface area (Å²) in [5, 5.41) is 14.1. The highest BCUT2D eigenvalue weighted by molar-refractivity contribution is 7.15. The molecule has 2 aromatic carbocycles. The van der Waals surface area contributed by atoms with E-state index in [4.69, 9.17) is 26.1 Å². The monoisotopic (exact) mass is 725 g/mol. The summed E-state index contributed by atoms with van der Waals surface area (Å²) in [6, 6.07) is 11.3. The normalized spacial score (nSPS) is 22.0. The first-order chi connectivity index (χ1) is 24.7. The van der Waals surface area contributed by atoms with E-state index < -0.39 is 11.6 Å². The lowest BCUT2D eigenvalue weighted by molar-refractivity contribution is -0.136.